The number of hydrogen-bond acceptors (Lipinski definition) is 2. The van der Waals surface area contributed by atoms with Gasteiger partial charge in [-0.25, -0.2) is 0 Å². The number of nitrogens with one attached hydrogen (secondary N) is 1. The first-order valence-electron chi connectivity index (χ1n) is 5.20. The average molecular weight is 303 g/mol. The summed E-state index contributed by atoms with van der Waals surface area (Å²) in [6.45, 7) is -0.0912. The second-order valence-electron chi connectivity index (χ2n) is 4.41. The Balaban J connectivity index is 2.42. The molecule has 2 rings (SSSR count). The smallest absolute Gasteiger partial charge is 0.310 e. The molecule has 0 radical (unpaired) electrons. The zero-order valence-electron chi connectivity index (χ0n) is 9.38. The molecule has 2 N–H and O–H groups in total. The Morgan fingerprint density at radius 3 is 2.42 bits per heavy atom. The van der Waals surface area contributed by atoms with Gasteiger partial charge in [0.05, 0.1) is 5.92 Å². The quantitative estimate of drug-likeness (QED) is 0.812. The summed E-state index contributed by atoms with van der Waals surface area (Å²) >= 11 is 0. The zero-order valence-corrected chi connectivity index (χ0v) is 10.2. The number of anilines is 1. The number of aliphatic carboxylic acids is 1. The molecule has 1 atom stereocenters. The van der Waals surface area contributed by atoms with Gasteiger partial charge in [0.25, 0.3) is 0 Å². The number of halogens is 5. The maximum atomic E-state index is 12.6. The van der Waals surface area contributed by atoms with Gasteiger partial charge in [0.15, 0.2) is 0 Å². The van der Waals surface area contributed by atoms with Crippen LogP contribution in [0.5, 0.6) is 0 Å². The first-order valence-corrected chi connectivity index (χ1v) is 7.15. The highest BCUT2D eigenvalue weighted by atomic mass is 32.5. The Bertz CT molecular complexity index is 556. The van der Waals surface area contributed by atoms with Crippen molar-refractivity contribution in [3.8, 4) is 0 Å². The average Bonchev–Trinajstić information content (AvgIpc) is 2.24. The summed E-state index contributed by atoms with van der Waals surface area (Å²) in [6, 6.07) is 1.53. The lowest BCUT2D eigenvalue weighted by molar-refractivity contribution is -0.141. The molecule has 1 aromatic rings. The molecule has 3 nitrogen and oxygen atoms in total. The van der Waals surface area contributed by atoms with Gasteiger partial charge >= 0.3 is 16.2 Å². The Morgan fingerprint density at radius 2 is 1.89 bits per heavy atom. The van der Waals surface area contributed by atoms with Crippen LogP contribution in [0.15, 0.2) is 23.1 Å². The Morgan fingerprint density at radius 1 is 1.26 bits per heavy atom. The van der Waals surface area contributed by atoms with Crippen LogP contribution in [0.25, 0.3) is 0 Å². The van der Waals surface area contributed by atoms with Gasteiger partial charge < -0.3 is 10.4 Å². The minimum Gasteiger partial charge on any atom is -0.481 e. The minimum absolute atomic E-state index is 0.0122. The first-order chi connectivity index (χ1) is 8.36. The number of carboxylic acid groups (broad SMARTS) is 1. The maximum absolute atomic E-state index is 12.6. The molecular weight excluding hydrogens is 293 g/mol. The number of carboxylic acids is 1. The van der Waals surface area contributed by atoms with Gasteiger partial charge in [-0.05, 0) is 24.1 Å². The van der Waals surface area contributed by atoms with Gasteiger partial charge in [0.2, 0.25) is 0 Å². The molecule has 0 aliphatic carbocycles. The van der Waals surface area contributed by atoms with Gasteiger partial charge in [-0.2, -0.15) is 0 Å². The van der Waals surface area contributed by atoms with E-state index in [1.165, 1.54) is 0 Å². The summed E-state index contributed by atoms with van der Waals surface area (Å²) in [5.74, 6) is -1.87. The molecule has 0 spiro atoms. The van der Waals surface area contributed by atoms with Gasteiger partial charge in [0, 0.05) is 12.2 Å². The van der Waals surface area contributed by atoms with Gasteiger partial charge in [-0.3, -0.25) is 4.79 Å². The predicted molar refractivity (Wildman–Crippen MR) is 61.2 cm³/mol. The number of rotatable bonds is 2. The lowest BCUT2D eigenvalue weighted by Gasteiger charge is -2.41. The monoisotopic (exact) mass is 303 g/mol. The number of hydrogen-bond donors (Lipinski definition) is 2. The standard InChI is InChI=1S/C10H10F5NO2S/c11-19(12,13,14,15)8-2-1-6-3-7(10(17)18)5-16-9(6)4-8/h1-2,4,7,16H,3,5H2,(H,17,18). The van der Waals surface area contributed by atoms with E-state index < -0.39 is 27.0 Å². The molecule has 1 heterocycles. The lowest BCUT2D eigenvalue weighted by Crippen LogP contribution is -2.29. The highest BCUT2D eigenvalue weighted by Crippen LogP contribution is 3.02. The van der Waals surface area contributed by atoms with Gasteiger partial charge in [0.1, 0.15) is 4.90 Å². The number of carbonyl (C=O) groups is 1. The van der Waals surface area contributed by atoms with Crippen molar-refractivity contribution < 1.29 is 29.3 Å². The first kappa shape index (κ1) is 13.9. The van der Waals surface area contributed by atoms with Crippen molar-refractivity contribution in [1.29, 1.82) is 0 Å². The molecule has 19 heavy (non-hydrogen) atoms. The third-order valence-electron chi connectivity index (χ3n) is 2.88. The van der Waals surface area contributed by atoms with Crippen LogP contribution in [-0.2, 0) is 11.2 Å². The van der Waals surface area contributed by atoms with Crippen LogP contribution < -0.4 is 5.32 Å². The van der Waals surface area contributed by atoms with Crippen LogP contribution in [0.4, 0.5) is 25.1 Å². The van der Waals surface area contributed by atoms with E-state index in [4.69, 9.17) is 5.11 Å². The summed E-state index contributed by atoms with van der Waals surface area (Å²) in [6.07, 6.45) is 0.0122. The van der Waals surface area contributed by atoms with Crippen molar-refractivity contribution in [3.63, 3.8) is 0 Å². The molecule has 0 amide bonds. The van der Waals surface area contributed by atoms with E-state index in [0.717, 1.165) is 6.07 Å². The van der Waals surface area contributed by atoms with E-state index in [-0.39, 0.29) is 24.2 Å². The molecule has 0 bridgehead atoms. The van der Waals surface area contributed by atoms with E-state index in [0.29, 0.717) is 12.1 Å². The van der Waals surface area contributed by atoms with Crippen molar-refractivity contribution in [3.05, 3.63) is 23.8 Å². The lowest BCUT2D eigenvalue weighted by atomic mass is 9.94. The fourth-order valence-corrected chi connectivity index (χ4v) is 2.55. The Labute approximate surface area is 105 Å². The zero-order chi connectivity index (χ0) is 14.5. The Hall–Kier alpha value is -1.51. The maximum Gasteiger partial charge on any atom is 0.310 e. The van der Waals surface area contributed by atoms with Crippen LogP contribution in [0.2, 0.25) is 0 Å². The van der Waals surface area contributed by atoms with E-state index in [9.17, 15) is 24.2 Å². The van der Waals surface area contributed by atoms with Crippen molar-refractivity contribution in [2.24, 2.45) is 5.92 Å². The topological polar surface area (TPSA) is 49.3 Å². The SMILES string of the molecule is O=C(O)C1CNc2cc(S(F)(F)(F)(F)F)ccc2C1. The summed E-state index contributed by atoms with van der Waals surface area (Å²) in [5.41, 5.74) is 0.188. The highest BCUT2D eigenvalue weighted by molar-refractivity contribution is 8.45. The molecule has 1 aliphatic heterocycles. The highest BCUT2D eigenvalue weighted by Gasteiger charge is 2.65. The summed E-state index contributed by atoms with van der Waals surface area (Å²) in [7, 11) is -9.69. The van der Waals surface area contributed by atoms with Crippen LogP contribution in [-0.4, -0.2) is 17.6 Å². The van der Waals surface area contributed by atoms with E-state index in [2.05, 4.69) is 5.32 Å². The Kier molecular flexibility index (Phi) is 2.44. The van der Waals surface area contributed by atoms with Gasteiger partial charge in [-0.1, -0.05) is 25.5 Å². The fourth-order valence-electron chi connectivity index (χ4n) is 1.88. The van der Waals surface area contributed by atoms with Gasteiger partial charge in [-0.15, -0.1) is 0 Å². The molecule has 0 aromatic heterocycles. The van der Waals surface area contributed by atoms with E-state index >= 15 is 0 Å². The largest absolute Gasteiger partial charge is 0.481 e. The summed E-state index contributed by atoms with van der Waals surface area (Å²) in [5, 5.41) is 11.2. The van der Waals surface area contributed by atoms with Crippen molar-refractivity contribution in [2.45, 2.75) is 11.3 Å². The molecule has 0 fully saturated rings. The third-order valence-corrected chi connectivity index (χ3v) is 4.03. The van der Waals surface area contributed by atoms with Crippen LogP contribution in [0, 0.1) is 5.92 Å². The summed E-state index contributed by atoms with van der Waals surface area (Å²) < 4.78 is 63.0. The van der Waals surface area contributed by atoms with Crippen molar-refractivity contribution >= 4 is 21.9 Å². The number of benzene rings is 1. The normalized spacial score (nSPS) is 22.7. The van der Waals surface area contributed by atoms with Crippen LogP contribution in [0.1, 0.15) is 5.56 Å². The molecule has 0 saturated heterocycles. The second-order valence-corrected chi connectivity index (χ2v) is 6.82. The van der Waals surface area contributed by atoms with Crippen molar-refractivity contribution in [1.82, 2.24) is 0 Å². The molecular formula is C10H10F5NO2S. The molecule has 1 unspecified atom stereocenters. The molecule has 9 heteroatoms. The molecule has 108 valence electrons. The number of fused-ring (bicyclic) bond motifs is 1. The van der Waals surface area contributed by atoms with E-state index in [1.807, 2.05) is 0 Å². The predicted octanol–water partition coefficient (Wildman–Crippen LogP) is 4.01. The minimum atomic E-state index is -9.69. The molecule has 1 aromatic carbocycles. The third kappa shape index (κ3) is 2.91. The van der Waals surface area contributed by atoms with Crippen LogP contribution >= 0.6 is 10.2 Å². The van der Waals surface area contributed by atoms with Crippen molar-refractivity contribution in [2.75, 3.05) is 11.9 Å². The molecule has 1 aliphatic rings. The second kappa shape index (κ2) is 3.33. The van der Waals surface area contributed by atoms with Crippen LogP contribution in [0.3, 0.4) is 0 Å². The molecule has 0 saturated carbocycles. The van der Waals surface area contributed by atoms with E-state index in [1.54, 1.807) is 0 Å². The summed E-state index contributed by atoms with van der Waals surface area (Å²) in [4.78, 5) is 8.79. The fraction of sp³-hybridized carbons (Fsp3) is 0.300.